The van der Waals surface area contributed by atoms with Crippen molar-refractivity contribution >= 4 is 18.3 Å². The van der Waals surface area contributed by atoms with Crippen LogP contribution in [0.15, 0.2) is 10.5 Å². The van der Waals surface area contributed by atoms with E-state index in [9.17, 15) is 0 Å². The second kappa shape index (κ2) is 3.19. The van der Waals surface area contributed by atoms with Crippen molar-refractivity contribution in [2.75, 3.05) is 0 Å². The predicted octanol–water partition coefficient (Wildman–Crippen LogP) is 2.81. The summed E-state index contributed by atoms with van der Waals surface area (Å²) in [7, 11) is 0. The Hall–Kier alpha value is 0.0949. The Morgan fingerprint density at radius 2 is 1.62 bits per heavy atom. The average molecular weight is 130 g/mol. The zero-order valence-corrected chi connectivity index (χ0v) is 6.71. The zero-order valence-electron chi connectivity index (χ0n) is 5.96. The van der Waals surface area contributed by atoms with Crippen molar-refractivity contribution in [3.05, 3.63) is 10.5 Å². The Bertz CT molecular complexity index is 101. The maximum Gasteiger partial charge on any atom is 0.184 e. The molecule has 0 aromatic carbocycles. The van der Waals surface area contributed by atoms with Gasteiger partial charge in [0.2, 0.25) is 0 Å². The molecule has 0 aromatic heterocycles. The van der Waals surface area contributed by atoms with Gasteiger partial charge in [0, 0.05) is 0 Å². The van der Waals surface area contributed by atoms with Gasteiger partial charge in [-0.15, -0.1) is 11.6 Å². The van der Waals surface area contributed by atoms with Gasteiger partial charge in [-0.2, -0.15) is 0 Å². The molecule has 8 heavy (non-hydrogen) atoms. The first-order valence-corrected chi connectivity index (χ1v) is 3.26. The molecule has 0 aliphatic heterocycles. The van der Waals surface area contributed by atoms with Crippen LogP contribution in [0.1, 0.15) is 13.8 Å². The normalized spacial score (nSPS) is 8.62. The van der Waals surface area contributed by atoms with Gasteiger partial charge in [-0.05, 0) is 18.8 Å². The largest absolute Gasteiger partial charge is 0.184 e. The van der Waals surface area contributed by atoms with E-state index >= 15 is 0 Å². The highest BCUT2D eigenvalue weighted by Gasteiger charge is 2.03. The third-order valence-electron chi connectivity index (χ3n) is 0.985. The maximum atomic E-state index is 5.83. The first-order valence-electron chi connectivity index (χ1n) is 2.88. The smallest absolute Gasteiger partial charge is 0.100 e. The molecule has 0 saturated carbocycles. The van der Waals surface area contributed by atoms with E-state index in [1.165, 1.54) is 5.57 Å². The van der Waals surface area contributed by atoms with E-state index in [1.807, 2.05) is 13.8 Å². The molecule has 0 spiro atoms. The average Bonchev–Trinajstić information content (AvgIpc) is 1.64. The summed E-state index contributed by atoms with van der Waals surface area (Å²) in [5, 5.41) is 0. The van der Waals surface area contributed by atoms with Gasteiger partial charge in [-0.3, -0.25) is 0 Å². The molecule has 0 heterocycles. The first-order chi connectivity index (χ1) is 3.55. The van der Waals surface area contributed by atoms with Gasteiger partial charge >= 0.3 is 0 Å². The lowest BCUT2D eigenvalue weighted by Gasteiger charge is -1.99. The molecular weight excluding hydrogens is 118 g/mol. The molecule has 0 fully saturated rings. The molecule has 0 bridgehead atoms. The molecule has 2 heteroatoms. The SMILES string of the molecule is CB(C)C(Cl)=C(C)C. The van der Waals surface area contributed by atoms with Gasteiger partial charge in [0.25, 0.3) is 0 Å². The van der Waals surface area contributed by atoms with Crippen LogP contribution < -0.4 is 0 Å². The van der Waals surface area contributed by atoms with Gasteiger partial charge in [0.1, 0.15) is 0 Å². The summed E-state index contributed by atoms with van der Waals surface area (Å²) in [5.41, 5.74) is 1.22. The lowest BCUT2D eigenvalue weighted by Crippen LogP contribution is -2.00. The zero-order chi connectivity index (χ0) is 6.73. The molecule has 0 aromatic rings. The molecule has 0 saturated heterocycles. The molecule has 0 unspecified atom stereocenters. The summed E-state index contributed by atoms with van der Waals surface area (Å²) < 4.78 is 0. The summed E-state index contributed by atoms with van der Waals surface area (Å²) >= 11 is 5.83. The third kappa shape index (κ3) is 2.41. The molecule has 46 valence electrons. The van der Waals surface area contributed by atoms with Crippen molar-refractivity contribution < 1.29 is 0 Å². The van der Waals surface area contributed by atoms with Crippen LogP contribution in [0.3, 0.4) is 0 Å². The summed E-state index contributed by atoms with van der Waals surface area (Å²) in [6.07, 6.45) is 0. The van der Waals surface area contributed by atoms with Gasteiger partial charge in [0.15, 0.2) is 6.71 Å². The summed E-state index contributed by atoms with van der Waals surface area (Å²) in [6.45, 7) is 8.73. The fourth-order valence-electron chi connectivity index (χ4n) is 0.577. The predicted molar refractivity (Wildman–Crippen MR) is 41.7 cm³/mol. The number of halogens is 1. The van der Waals surface area contributed by atoms with E-state index in [2.05, 4.69) is 13.6 Å². The van der Waals surface area contributed by atoms with E-state index in [-0.39, 0.29) is 0 Å². The number of hydrogen-bond acceptors (Lipinski definition) is 0. The number of allylic oxidation sites excluding steroid dienone is 1. The second-order valence-electron chi connectivity index (χ2n) is 2.50. The molecule has 0 amide bonds. The van der Waals surface area contributed by atoms with Crippen LogP contribution in [-0.2, 0) is 0 Å². The van der Waals surface area contributed by atoms with E-state index in [4.69, 9.17) is 11.6 Å². The molecule has 0 aliphatic rings. The van der Waals surface area contributed by atoms with Crippen molar-refractivity contribution in [2.24, 2.45) is 0 Å². The highest BCUT2D eigenvalue weighted by atomic mass is 35.5. The van der Waals surface area contributed by atoms with E-state index < -0.39 is 0 Å². The second-order valence-corrected chi connectivity index (χ2v) is 2.91. The number of hydrogen-bond donors (Lipinski definition) is 0. The minimum atomic E-state index is 0.488. The molecule has 0 nitrogen and oxygen atoms in total. The van der Waals surface area contributed by atoms with Crippen molar-refractivity contribution in [3.63, 3.8) is 0 Å². The summed E-state index contributed by atoms with van der Waals surface area (Å²) in [4.78, 5) is 0.991. The Morgan fingerprint density at radius 3 is 1.62 bits per heavy atom. The van der Waals surface area contributed by atoms with Crippen LogP contribution in [0, 0.1) is 0 Å². The monoisotopic (exact) mass is 130 g/mol. The van der Waals surface area contributed by atoms with Crippen molar-refractivity contribution in [1.29, 1.82) is 0 Å². The molecule has 0 rings (SSSR count). The highest BCUT2D eigenvalue weighted by Crippen LogP contribution is 2.11. The minimum Gasteiger partial charge on any atom is -0.100 e. The highest BCUT2D eigenvalue weighted by molar-refractivity contribution is 6.76. The summed E-state index contributed by atoms with van der Waals surface area (Å²) in [6, 6.07) is 0. The van der Waals surface area contributed by atoms with Crippen LogP contribution in [0.4, 0.5) is 0 Å². The number of rotatable bonds is 1. The molecule has 0 aliphatic carbocycles. The minimum absolute atomic E-state index is 0.488. The topological polar surface area (TPSA) is 0 Å². The fraction of sp³-hybridized carbons (Fsp3) is 0.667. The standard InChI is InChI=1S/C6H12BCl/c1-5(2)6(8)7(3)4/h1-4H3. The summed E-state index contributed by atoms with van der Waals surface area (Å²) in [5.74, 6) is 0. The van der Waals surface area contributed by atoms with Crippen LogP contribution in [0.25, 0.3) is 0 Å². The maximum absolute atomic E-state index is 5.83. The van der Waals surface area contributed by atoms with E-state index in [0.717, 1.165) is 4.93 Å². The Labute approximate surface area is 57.0 Å². The molecule has 0 radical (unpaired) electrons. The van der Waals surface area contributed by atoms with Crippen LogP contribution in [-0.4, -0.2) is 6.71 Å². The van der Waals surface area contributed by atoms with Crippen LogP contribution in [0.5, 0.6) is 0 Å². The lowest BCUT2D eigenvalue weighted by molar-refractivity contribution is 1.39. The quantitative estimate of drug-likeness (QED) is 0.479. The Morgan fingerprint density at radius 1 is 1.25 bits per heavy atom. The Balaban J connectivity index is 4.00. The van der Waals surface area contributed by atoms with Gasteiger partial charge in [-0.25, -0.2) is 0 Å². The first kappa shape index (κ1) is 8.09. The van der Waals surface area contributed by atoms with Gasteiger partial charge < -0.3 is 0 Å². The van der Waals surface area contributed by atoms with Crippen LogP contribution >= 0.6 is 11.6 Å². The Kier molecular flexibility index (Phi) is 3.22. The molecule has 0 atom stereocenters. The van der Waals surface area contributed by atoms with E-state index in [0.29, 0.717) is 6.71 Å². The van der Waals surface area contributed by atoms with Crippen LogP contribution in [0.2, 0.25) is 13.6 Å². The molecule has 0 N–H and O–H groups in total. The van der Waals surface area contributed by atoms with Gasteiger partial charge in [-0.1, -0.05) is 19.2 Å². The van der Waals surface area contributed by atoms with E-state index in [1.54, 1.807) is 0 Å². The lowest BCUT2D eigenvalue weighted by atomic mass is 9.54. The van der Waals surface area contributed by atoms with Crippen molar-refractivity contribution in [3.8, 4) is 0 Å². The van der Waals surface area contributed by atoms with Crippen molar-refractivity contribution in [2.45, 2.75) is 27.5 Å². The van der Waals surface area contributed by atoms with Gasteiger partial charge in [0.05, 0.1) is 0 Å². The third-order valence-corrected chi connectivity index (χ3v) is 1.80. The molecular formula is C6H12BCl. The fourth-order valence-corrected chi connectivity index (χ4v) is 0.577. The van der Waals surface area contributed by atoms with Crippen molar-refractivity contribution in [1.82, 2.24) is 0 Å².